The highest BCUT2D eigenvalue weighted by molar-refractivity contribution is 9.11. The Morgan fingerprint density at radius 1 is 1.47 bits per heavy atom. The molecule has 0 rings (SSSR count). The quantitative estimate of drug-likeness (QED) is 0.490. The SMILES string of the molecule is C#CCC(CCC(=C)Br)O[Si](C)(C)C(C)(C)C. The van der Waals surface area contributed by atoms with E-state index >= 15 is 0 Å². The number of terminal acetylenes is 1. The van der Waals surface area contributed by atoms with Gasteiger partial charge in [-0.05, 0) is 35.5 Å². The average Bonchev–Trinajstić information content (AvgIpc) is 2.12. The van der Waals surface area contributed by atoms with Crippen molar-refractivity contribution in [2.24, 2.45) is 0 Å². The summed E-state index contributed by atoms with van der Waals surface area (Å²) in [6, 6.07) is 0. The summed E-state index contributed by atoms with van der Waals surface area (Å²) in [6.07, 6.45) is 8.13. The minimum absolute atomic E-state index is 0.162. The molecule has 0 aliphatic heterocycles. The van der Waals surface area contributed by atoms with E-state index in [4.69, 9.17) is 10.8 Å². The van der Waals surface area contributed by atoms with Gasteiger partial charge in [-0.1, -0.05) is 43.3 Å². The van der Waals surface area contributed by atoms with E-state index in [1.54, 1.807) is 0 Å². The fourth-order valence-electron chi connectivity index (χ4n) is 1.25. The van der Waals surface area contributed by atoms with Crippen LogP contribution in [0.25, 0.3) is 0 Å². The summed E-state index contributed by atoms with van der Waals surface area (Å²) in [6.45, 7) is 15.1. The van der Waals surface area contributed by atoms with E-state index in [-0.39, 0.29) is 11.1 Å². The van der Waals surface area contributed by atoms with Crippen molar-refractivity contribution in [2.45, 2.75) is 64.3 Å². The highest BCUT2D eigenvalue weighted by Gasteiger charge is 2.38. The third-order valence-corrected chi connectivity index (χ3v) is 8.28. The van der Waals surface area contributed by atoms with E-state index < -0.39 is 8.32 Å². The first kappa shape index (κ1) is 17.0. The van der Waals surface area contributed by atoms with Crippen molar-refractivity contribution >= 4 is 24.2 Å². The van der Waals surface area contributed by atoms with Gasteiger partial charge in [-0.2, -0.15) is 0 Å². The highest BCUT2D eigenvalue weighted by Crippen LogP contribution is 2.38. The van der Waals surface area contributed by atoms with Gasteiger partial charge in [0.2, 0.25) is 0 Å². The van der Waals surface area contributed by atoms with Crippen molar-refractivity contribution < 1.29 is 4.43 Å². The molecule has 17 heavy (non-hydrogen) atoms. The predicted molar refractivity (Wildman–Crippen MR) is 82.8 cm³/mol. The molecule has 0 radical (unpaired) electrons. The molecule has 0 fully saturated rings. The Kier molecular flexibility index (Phi) is 6.76. The molecule has 3 heteroatoms. The van der Waals surface area contributed by atoms with Crippen molar-refractivity contribution in [1.82, 2.24) is 0 Å². The van der Waals surface area contributed by atoms with Gasteiger partial charge in [0, 0.05) is 6.42 Å². The van der Waals surface area contributed by atoms with Crippen LogP contribution in [0.15, 0.2) is 11.1 Å². The lowest BCUT2D eigenvalue weighted by Crippen LogP contribution is -2.43. The van der Waals surface area contributed by atoms with Gasteiger partial charge >= 0.3 is 0 Å². The maximum atomic E-state index is 6.33. The normalized spacial score (nSPS) is 14.2. The summed E-state index contributed by atoms with van der Waals surface area (Å²) >= 11 is 3.38. The number of rotatable bonds is 6. The van der Waals surface area contributed by atoms with Crippen molar-refractivity contribution in [1.29, 1.82) is 0 Å². The summed E-state index contributed by atoms with van der Waals surface area (Å²) in [5, 5.41) is 0.227. The maximum absolute atomic E-state index is 6.33. The first-order valence-corrected chi connectivity index (χ1v) is 9.75. The Labute approximate surface area is 116 Å². The molecule has 0 aromatic rings. The van der Waals surface area contributed by atoms with Gasteiger partial charge in [0.1, 0.15) is 0 Å². The summed E-state index contributed by atoms with van der Waals surface area (Å²) in [5.41, 5.74) is 0. The van der Waals surface area contributed by atoms with E-state index in [1.807, 2.05) is 0 Å². The smallest absolute Gasteiger partial charge is 0.192 e. The number of hydrogen-bond donors (Lipinski definition) is 0. The predicted octanol–water partition coefficient (Wildman–Crippen LogP) is 5.09. The van der Waals surface area contributed by atoms with Crippen molar-refractivity contribution in [3.05, 3.63) is 11.1 Å². The fraction of sp³-hybridized carbons (Fsp3) is 0.714. The lowest BCUT2D eigenvalue weighted by atomic mass is 10.1. The van der Waals surface area contributed by atoms with Crippen LogP contribution in [0, 0.1) is 12.3 Å². The topological polar surface area (TPSA) is 9.23 Å². The molecule has 0 bridgehead atoms. The van der Waals surface area contributed by atoms with E-state index in [1.165, 1.54) is 0 Å². The maximum Gasteiger partial charge on any atom is 0.192 e. The molecule has 1 nitrogen and oxygen atoms in total. The molecule has 0 amide bonds. The third kappa shape index (κ3) is 6.45. The van der Waals surface area contributed by atoms with Crippen molar-refractivity contribution in [3.63, 3.8) is 0 Å². The lowest BCUT2D eigenvalue weighted by Gasteiger charge is -2.39. The second kappa shape index (κ2) is 6.77. The van der Waals surface area contributed by atoms with Gasteiger partial charge in [0.25, 0.3) is 0 Å². The molecule has 0 aliphatic carbocycles. The largest absolute Gasteiger partial charge is 0.413 e. The molecule has 0 saturated carbocycles. The van der Waals surface area contributed by atoms with Crippen LogP contribution < -0.4 is 0 Å². The van der Waals surface area contributed by atoms with Crippen LogP contribution in [-0.4, -0.2) is 14.4 Å². The first-order valence-electron chi connectivity index (χ1n) is 6.04. The van der Waals surface area contributed by atoms with E-state index in [0.29, 0.717) is 6.42 Å². The zero-order valence-electron chi connectivity index (χ0n) is 11.8. The molecule has 0 spiro atoms. The minimum Gasteiger partial charge on any atom is -0.413 e. The van der Waals surface area contributed by atoms with Crippen molar-refractivity contribution in [2.75, 3.05) is 0 Å². The molecule has 0 N–H and O–H groups in total. The van der Waals surface area contributed by atoms with Crippen LogP contribution >= 0.6 is 15.9 Å². The molecule has 1 unspecified atom stereocenters. The van der Waals surface area contributed by atoms with Crippen LogP contribution in [0.2, 0.25) is 18.1 Å². The monoisotopic (exact) mass is 316 g/mol. The Balaban J connectivity index is 4.54. The summed E-state index contributed by atoms with van der Waals surface area (Å²) in [5.74, 6) is 2.72. The van der Waals surface area contributed by atoms with Crippen molar-refractivity contribution in [3.8, 4) is 12.3 Å². The Morgan fingerprint density at radius 2 is 2.00 bits per heavy atom. The molecule has 98 valence electrons. The zero-order valence-corrected chi connectivity index (χ0v) is 14.4. The van der Waals surface area contributed by atoms with Gasteiger partial charge in [0.05, 0.1) is 6.10 Å². The van der Waals surface area contributed by atoms with E-state index in [2.05, 4.69) is 62.3 Å². The molecular formula is C14H25BrOSi. The molecule has 0 aliphatic rings. The molecule has 0 saturated heterocycles. The number of hydrogen-bond acceptors (Lipinski definition) is 1. The molecule has 0 heterocycles. The third-order valence-electron chi connectivity index (χ3n) is 3.35. The molecular weight excluding hydrogens is 292 g/mol. The Bertz CT molecular complexity index is 296. The van der Waals surface area contributed by atoms with Gasteiger partial charge < -0.3 is 4.43 Å². The van der Waals surface area contributed by atoms with Crippen LogP contribution in [0.4, 0.5) is 0 Å². The molecule has 1 atom stereocenters. The van der Waals surface area contributed by atoms with E-state index in [0.717, 1.165) is 17.3 Å². The summed E-state index contributed by atoms with van der Waals surface area (Å²) in [7, 11) is -1.72. The van der Waals surface area contributed by atoms with Crippen LogP contribution in [0.1, 0.15) is 40.0 Å². The van der Waals surface area contributed by atoms with Crippen LogP contribution in [-0.2, 0) is 4.43 Å². The zero-order chi connectivity index (χ0) is 13.7. The summed E-state index contributed by atoms with van der Waals surface area (Å²) in [4.78, 5) is 0. The van der Waals surface area contributed by atoms with Gasteiger partial charge in [-0.3, -0.25) is 0 Å². The second-order valence-electron chi connectivity index (χ2n) is 5.96. The molecule has 0 aromatic heterocycles. The number of allylic oxidation sites excluding steroid dienone is 1. The molecule has 0 aromatic carbocycles. The second-order valence-corrected chi connectivity index (χ2v) is 11.8. The van der Waals surface area contributed by atoms with E-state index in [9.17, 15) is 0 Å². The first-order chi connectivity index (χ1) is 7.60. The summed E-state index contributed by atoms with van der Waals surface area (Å²) < 4.78 is 7.34. The van der Waals surface area contributed by atoms with Crippen LogP contribution in [0.5, 0.6) is 0 Å². The highest BCUT2D eigenvalue weighted by atomic mass is 79.9. The van der Waals surface area contributed by atoms with Crippen LogP contribution in [0.3, 0.4) is 0 Å². The Morgan fingerprint density at radius 3 is 2.35 bits per heavy atom. The number of halogens is 1. The van der Waals surface area contributed by atoms with Gasteiger partial charge in [0.15, 0.2) is 8.32 Å². The van der Waals surface area contributed by atoms with Gasteiger partial charge in [-0.15, -0.1) is 12.3 Å². The minimum atomic E-state index is -1.72. The fourth-order valence-corrected chi connectivity index (χ4v) is 2.86. The Hall–Kier alpha value is -0.0431. The average molecular weight is 317 g/mol. The van der Waals surface area contributed by atoms with Gasteiger partial charge in [-0.25, -0.2) is 0 Å². The standard InChI is InChI=1S/C14H25BrOSi/c1-8-9-13(11-10-12(2)15)16-17(6,7)14(3,4)5/h1,13H,2,9-11H2,3-7H3. The lowest BCUT2D eigenvalue weighted by molar-refractivity contribution is 0.177.